The first-order chi connectivity index (χ1) is 42.7. The van der Waals surface area contributed by atoms with Crippen LogP contribution in [0.1, 0.15) is 66.8 Å². The zero-order valence-electron chi connectivity index (χ0n) is 53.8. The monoisotopic (exact) mass is 1320 g/mol. The van der Waals surface area contributed by atoms with Crippen molar-refractivity contribution in [3.8, 4) is 0 Å². The molecule has 0 unspecified atom stereocenters. The van der Waals surface area contributed by atoms with E-state index in [1.54, 1.807) is 0 Å². The average Bonchev–Trinajstić information content (AvgIpc) is 2.73. The Balaban J connectivity index is 0.000000153. The fourth-order valence-electron chi connectivity index (χ4n) is 11.3. The number of benzene rings is 12. The number of aryl methyl sites for hydroxylation is 12. The second kappa shape index (κ2) is 33.2. The maximum absolute atomic E-state index is 2.29. The van der Waals surface area contributed by atoms with Crippen LogP contribution in [0.5, 0.6) is 0 Å². The summed E-state index contributed by atoms with van der Waals surface area (Å²) in [5, 5.41) is 17.5. The summed E-state index contributed by atoms with van der Waals surface area (Å²) in [6.45, 7) is 26.7. The fraction of sp³-hybridized carbons (Fsp3) is 0.143. The van der Waals surface area contributed by atoms with E-state index in [1.165, 1.54) is 130 Å². The van der Waals surface area contributed by atoms with Gasteiger partial charge in [0, 0.05) is 0 Å². The summed E-state index contributed by atoms with van der Waals surface area (Å²) in [6, 6.07) is 106. The van der Waals surface area contributed by atoms with E-state index >= 15 is 0 Å². The third-order valence-corrected chi connectivity index (χ3v) is 28.1. The molecule has 0 amide bonds. The van der Waals surface area contributed by atoms with E-state index in [2.05, 4.69) is 374 Å². The van der Waals surface area contributed by atoms with Crippen LogP contribution in [0.3, 0.4) is 0 Å². The molecule has 12 aromatic carbocycles. The Morgan fingerprint density at radius 2 is 0.191 bits per heavy atom. The van der Waals surface area contributed by atoms with E-state index in [1.807, 2.05) is 0 Å². The number of rotatable bonds is 12. The molecule has 12 aromatic rings. The number of hydrogen-bond donors (Lipinski definition) is 0. The van der Waals surface area contributed by atoms with Crippen molar-refractivity contribution in [3.05, 3.63) is 358 Å². The third-order valence-electron chi connectivity index (χ3n) is 16.3. The van der Waals surface area contributed by atoms with Crippen molar-refractivity contribution in [1.29, 1.82) is 0 Å². The Hall–Kier alpha value is -6.98. The molecule has 0 fully saturated rings. The van der Waals surface area contributed by atoms with Crippen LogP contribution >= 0.6 is 31.7 Å². The minimum Gasteiger partial charge on any atom is -0.0620 e. The van der Waals surface area contributed by atoms with Crippen LogP contribution in [-0.4, -0.2) is 0 Å². The standard InChI is InChI=1S/4C21H21P.Pd/c4*1-16-10-4-7-13-19(16)22(20-14-8-5-11-17(20)2)21-15-9-6-12-18(21)3;/h4*4-15H,1-3H3;/q;;;;+2. The fourth-order valence-corrected chi connectivity index (χ4v) is 22.4. The van der Waals surface area contributed by atoms with Crippen molar-refractivity contribution in [2.75, 3.05) is 0 Å². The molecule has 89 heavy (non-hydrogen) atoms. The van der Waals surface area contributed by atoms with Gasteiger partial charge in [0.15, 0.2) is 0 Å². The first-order valence-corrected chi connectivity index (χ1v) is 36.0. The van der Waals surface area contributed by atoms with Gasteiger partial charge in [0.2, 0.25) is 0 Å². The molecule has 0 atom stereocenters. The van der Waals surface area contributed by atoms with Gasteiger partial charge in [-0.1, -0.05) is 291 Å². The van der Waals surface area contributed by atoms with E-state index in [0.717, 1.165) is 0 Å². The van der Waals surface area contributed by atoms with E-state index in [-0.39, 0.29) is 20.4 Å². The van der Waals surface area contributed by atoms with E-state index in [0.29, 0.717) is 0 Å². The summed E-state index contributed by atoms with van der Waals surface area (Å²) in [6.07, 6.45) is 0. The van der Waals surface area contributed by atoms with Gasteiger partial charge < -0.3 is 0 Å². The average molecular weight is 1320 g/mol. The molecule has 0 saturated heterocycles. The Morgan fingerprint density at radius 1 is 0.124 bits per heavy atom. The van der Waals surface area contributed by atoms with E-state index in [9.17, 15) is 0 Å². The van der Waals surface area contributed by atoms with Gasteiger partial charge in [0.05, 0.1) is 0 Å². The van der Waals surface area contributed by atoms with Crippen molar-refractivity contribution in [3.63, 3.8) is 0 Å². The van der Waals surface area contributed by atoms with Crippen LogP contribution < -0.4 is 63.7 Å². The van der Waals surface area contributed by atoms with Gasteiger partial charge in [-0.3, -0.25) is 0 Å². The van der Waals surface area contributed by atoms with Crippen LogP contribution in [-0.2, 0) is 20.4 Å². The normalized spacial score (nSPS) is 10.8. The largest absolute Gasteiger partial charge is 2.00 e. The molecule has 0 heterocycles. The zero-order valence-corrected chi connectivity index (χ0v) is 59.0. The minimum absolute atomic E-state index is 0. The van der Waals surface area contributed by atoms with Crippen molar-refractivity contribution in [2.45, 2.75) is 83.1 Å². The van der Waals surface area contributed by atoms with Crippen LogP contribution in [0.25, 0.3) is 0 Å². The molecule has 0 aliphatic carbocycles. The summed E-state index contributed by atoms with van der Waals surface area (Å²) in [4.78, 5) is 0. The van der Waals surface area contributed by atoms with Gasteiger partial charge in [-0.05, 0) is 245 Å². The summed E-state index contributed by atoms with van der Waals surface area (Å²) in [5.41, 5.74) is 16.5. The smallest absolute Gasteiger partial charge is 0.0620 e. The Morgan fingerprint density at radius 3 is 0.258 bits per heavy atom. The number of hydrogen-bond acceptors (Lipinski definition) is 0. The molecule has 0 spiro atoms. The molecule has 0 bridgehead atoms. The predicted octanol–water partition coefficient (Wildman–Crippen LogP) is 17.5. The Kier molecular flexibility index (Phi) is 25.3. The Bertz CT molecular complexity index is 3280. The first kappa shape index (κ1) is 67.9. The van der Waals surface area contributed by atoms with Crippen LogP contribution in [0.4, 0.5) is 0 Å². The molecule has 12 rings (SSSR count). The van der Waals surface area contributed by atoms with Crippen molar-refractivity contribution >= 4 is 95.3 Å². The SMILES string of the molecule is Cc1ccccc1P(c1ccccc1C)c1ccccc1C.Cc1ccccc1P(c1ccccc1C)c1ccccc1C.Cc1ccccc1P(c1ccccc1C)c1ccccc1C.Cc1ccccc1P(c1ccccc1C)c1ccccc1C.[Pd+2]. The molecule has 0 aliphatic rings. The van der Waals surface area contributed by atoms with Gasteiger partial charge in [0.25, 0.3) is 0 Å². The molecule has 0 nitrogen and oxygen atoms in total. The summed E-state index contributed by atoms with van der Waals surface area (Å²) in [7, 11) is -2.03. The molecule has 0 radical (unpaired) electrons. The van der Waals surface area contributed by atoms with Crippen molar-refractivity contribution in [1.82, 2.24) is 0 Å². The molecule has 5 heteroatoms. The third kappa shape index (κ3) is 16.9. The van der Waals surface area contributed by atoms with Gasteiger partial charge in [0.1, 0.15) is 0 Å². The molecule has 0 aromatic heterocycles. The second-order valence-corrected chi connectivity index (χ2v) is 31.2. The summed E-state index contributed by atoms with van der Waals surface area (Å²) < 4.78 is 0. The molecule has 0 saturated carbocycles. The zero-order chi connectivity index (χ0) is 62.1. The minimum atomic E-state index is -0.508. The quantitative estimate of drug-likeness (QED) is 0.0845. The molecule has 448 valence electrons. The van der Waals surface area contributed by atoms with Gasteiger partial charge >= 0.3 is 20.4 Å². The molecular formula is C84H84P4Pd+2. The topological polar surface area (TPSA) is 0 Å². The summed E-state index contributed by atoms with van der Waals surface area (Å²) in [5.74, 6) is 0. The van der Waals surface area contributed by atoms with Crippen LogP contribution in [0.2, 0.25) is 0 Å². The molecule has 0 N–H and O–H groups in total. The maximum Gasteiger partial charge on any atom is 2.00 e. The van der Waals surface area contributed by atoms with Crippen LogP contribution in [0, 0.1) is 83.1 Å². The van der Waals surface area contributed by atoms with Gasteiger partial charge in [-0.25, -0.2) is 0 Å². The maximum atomic E-state index is 2.29. The summed E-state index contributed by atoms with van der Waals surface area (Å²) >= 11 is 0. The first-order valence-electron chi connectivity index (χ1n) is 30.6. The molecular weight excluding hydrogens is 1240 g/mol. The van der Waals surface area contributed by atoms with Crippen molar-refractivity contribution < 1.29 is 20.4 Å². The van der Waals surface area contributed by atoms with Gasteiger partial charge in [-0.15, -0.1) is 0 Å². The van der Waals surface area contributed by atoms with Gasteiger partial charge in [-0.2, -0.15) is 0 Å². The predicted molar refractivity (Wildman–Crippen MR) is 397 cm³/mol. The van der Waals surface area contributed by atoms with Crippen LogP contribution in [0.15, 0.2) is 291 Å². The molecule has 0 aliphatic heterocycles. The van der Waals surface area contributed by atoms with E-state index < -0.39 is 31.7 Å². The second-order valence-electron chi connectivity index (χ2n) is 22.8. The van der Waals surface area contributed by atoms with Crippen molar-refractivity contribution in [2.24, 2.45) is 0 Å². The Labute approximate surface area is 552 Å². The van der Waals surface area contributed by atoms with E-state index in [4.69, 9.17) is 0 Å².